The first kappa shape index (κ1) is 11.3. The lowest BCUT2D eigenvalue weighted by molar-refractivity contribution is 1.11. The lowest BCUT2D eigenvalue weighted by Gasteiger charge is -2.04. The molecule has 0 saturated carbocycles. The molecule has 82 valence electrons. The van der Waals surface area contributed by atoms with Crippen molar-refractivity contribution in [2.24, 2.45) is 4.99 Å². The second-order valence-corrected chi connectivity index (χ2v) is 4.39. The minimum atomic E-state index is 0.712. The van der Waals surface area contributed by atoms with E-state index in [1.165, 1.54) is 0 Å². The van der Waals surface area contributed by atoms with Gasteiger partial charge >= 0.3 is 0 Å². The summed E-state index contributed by atoms with van der Waals surface area (Å²) in [5.74, 6) is 0.864. The zero-order chi connectivity index (χ0) is 11.5. The first-order valence-corrected chi connectivity index (χ1v) is 5.71. The van der Waals surface area contributed by atoms with Crippen LogP contribution in [0.15, 0.2) is 41.9 Å². The van der Waals surface area contributed by atoms with Gasteiger partial charge in [0.15, 0.2) is 0 Å². The van der Waals surface area contributed by atoms with Gasteiger partial charge in [0.1, 0.15) is 12.2 Å². The number of aliphatic imine (C=N–C) groups is 1. The Balaban J connectivity index is 2.36. The van der Waals surface area contributed by atoms with Crippen LogP contribution < -0.4 is 5.30 Å². The van der Waals surface area contributed by atoms with Crippen LogP contribution in [-0.2, 0) is 0 Å². The molecule has 1 heterocycles. The molecule has 0 saturated heterocycles. The summed E-state index contributed by atoms with van der Waals surface area (Å²) < 4.78 is 1.86. The highest BCUT2D eigenvalue weighted by Gasteiger charge is 1.99. The fourth-order valence-electron chi connectivity index (χ4n) is 1.31. The summed E-state index contributed by atoms with van der Waals surface area (Å²) in [4.78, 5) is 8.48. The SMILES string of the molecule is CC(=Nc1ccc(Cl)cc1P)n1ccnc1. The van der Waals surface area contributed by atoms with E-state index in [1.54, 1.807) is 12.5 Å². The Morgan fingerprint density at radius 1 is 1.50 bits per heavy atom. The molecule has 16 heavy (non-hydrogen) atoms. The predicted molar refractivity (Wildman–Crippen MR) is 71.2 cm³/mol. The van der Waals surface area contributed by atoms with Gasteiger partial charge in [0.2, 0.25) is 0 Å². The highest BCUT2D eigenvalue weighted by Crippen LogP contribution is 2.17. The predicted octanol–water partition coefficient (Wildman–Crippen LogP) is 2.64. The summed E-state index contributed by atoms with van der Waals surface area (Å²) in [6.07, 6.45) is 5.30. The molecule has 0 aliphatic heterocycles. The van der Waals surface area contributed by atoms with E-state index in [0.29, 0.717) is 5.02 Å². The van der Waals surface area contributed by atoms with E-state index in [4.69, 9.17) is 11.6 Å². The molecule has 0 bridgehead atoms. The fraction of sp³-hybridized carbons (Fsp3) is 0.0909. The van der Waals surface area contributed by atoms with Crippen LogP contribution in [0.3, 0.4) is 0 Å². The lowest BCUT2D eigenvalue weighted by atomic mass is 10.3. The van der Waals surface area contributed by atoms with Crippen molar-refractivity contribution in [1.82, 2.24) is 9.55 Å². The number of halogens is 1. The van der Waals surface area contributed by atoms with Crippen molar-refractivity contribution < 1.29 is 0 Å². The molecule has 0 N–H and O–H groups in total. The summed E-state index contributed by atoms with van der Waals surface area (Å²) in [7, 11) is 2.63. The summed E-state index contributed by atoms with van der Waals surface area (Å²) in [6.45, 7) is 1.93. The smallest absolute Gasteiger partial charge is 0.111 e. The number of aromatic nitrogens is 2. The molecule has 0 aliphatic carbocycles. The van der Waals surface area contributed by atoms with Gasteiger partial charge in [0.05, 0.1) is 5.69 Å². The van der Waals surface area contributed by atoms with E-state index >= 15 is 0 Å². The summed E-state index contributed by atoms with van der Waals surface area (Å²) in [5, 5.41) is 1.69. The van der Waals surface area contributed by atoms with Crippen LogP contribution in [0.5, 0.6) is 0 Å². The first-order chi connectivity index (χ1) is 7.66. The quantitative estimate of drug-likeness (QED) is 0.435. The Hall–Kier alpha value is -1.18. The standard InChI is InChI=1S/C11H11ClN3P/c1-8(15-5-4-13-7-15)14-10-3-2-9(12)6-11(10)16/h2-7H,16H2,1H3. The third-order valence-electron chi connectivity index (χ3n) is 2.15. The third kappa shape index (κ3) is 2.49. The van der Waals surface area contributed by atoms with Crippen LogP contribution in [0.25, 0.3) is 0 Å². The van der Waals surface area contributed by atoms with Gasteiger partial charge in [-0.25, -0.2) is 9.98 Å². The zero-order valence-corrected chi connectivity index (χ0v) is 10.7. The monoisotopic (exact) mass is 251 g/mol. The molecular weight excluding hydrogens is 241 g/mol. The van der Waals surface area contributed by atoms with Crippen molar-refractivity contribution in [3.8, 4) is 0 Å². The number of rotatable bonds is 1. The third-order valence-corrected chi connectivity index (χ3v) is 2.85. The van der Waals surface area contributed by atoms with Gasteiger partial charge in [-0.2, -0.15) is 0 Å². The van der Waals surface area contributed by atoms with Crippen LogP contribution in [0, 0.1) is 0 Å². The Kier molecular flexibility index (Phi) is 3.37. The van der Waals surface area contributed by atoms with E-state index in [0.717, 1.165) is 16.8 Å². The molecule has 0 fully saturated rings. The number of nitrogens with zero attached hydrogens (tertiary/aromatic N) is 3. The maximum Gasteiger partial charge on any atom is 0.111 e. The molecule has 1 aromatic carbocycles. The topological polar surface area (TPSA) is 30.2 Å². The van der Waals surface area contributed by atoms with Crippen molar-refractivity contribution in [2.75, 3.05) is 0 Å². The van der Waals surface area contributed by atoms with Gasteiger partial charge in [-0.15, -0.1) is 9.24 Å². The van der Waals surface area contributed by atoms with E-state index in [2.05, 4.69) is 19.2 Å². The van der Waals surface area contributed by atoms with E-state index in [9.17, 15) is 0 Å². The number of imidazole rings is 1. The van der Waals surface area contributed by atoms with Crippen LogP contribution in [0.2, 0.25) is 5.02 Å². The summed E-state index contributed by atoms with van der Waals surface area (Å²) in [6, 6.07) is 5.59. The summed E-state index contributed by atoms with van der Waals surface area (Å²) in [5.41, 5.74) is 0.889. The van der Waals surface area contributed by atoms with Gasteiger partial charge in [-0.3, -0.25) is 4.57 Å². The normalized spacial score (nSPS) is 11.8. The molecule has 0 spiro atoms. The Morgan fingerprint density at radius 2 is 2.31 bits per heavy atom. The van der Waals surface area contributed by atoms with E-state index < -0.39 is 0 Å². The average Bonchev–Trinajstić information content (AvgIpc) is 2.75. The van der Waals surface area contributed by atoms with Crippen molar-refractivity contribution in [2.45, 2.75) is 6.92 Å². The van der Waals surface area contributed by atoms with Gasteiger partial charge < -0.3 is 0 Å². The number of benzene rings is 1. The molecule has 2 aromatic rings. The summed E-state index contributed by atoms with van der Waals surface area (Å²) >= 11 is 5.88. The van der Waals surface area contributed by atoms with Crippen LogP contribution in [0.4, 0.5) is 5.69 Å². The maximum absolute atomic E-state index is 5.88. The van der Waals surface area contributed by atoms with Gasteiger partial charge in [0, 0.05) is 17.4 Å². The first-order valence-electron chi connectivity index (χ1n) is 4.75. The molecule has 3 nitrogen and oxygen atoms in total. The minimum absolute atomic E-state index is 0.712. The number of hydrogen-bond donors (Lipinski definition) is 0. The van der Waals surface area contributed by atoms with Gasteiger partial charge in [0.25, 0.3) is 0 Å². The molecule has 0 aliphatic rings. The highest BCUT2D eigenvalue weighted by molar-refractivity contribution is 7.28. The van der Waals surface area contributed by atoms with Crippen molar-refractivity contribution in [3.05, 3.63) is 41.9 Å². The van der Waals surface area contributed by atoms with E-state index in [1.807, 2.05) is 35.9 Å². The second kappa shape index (κ2) is 4.77. The molecular formula is C11H11ClN3P. The highest BCUT2D eigenvalue weighted by atomic mass is 35.5. The van der Waals surface area contributed by atoms with Crippen LogP contribution in [-0.4, -0.2) is 15.4 Å². The molecule has 0 radical (unpaired) electrons. The largest absolute Gasteiger partial charge is 0.294 e. The van der Waals surface area contributed by atoms with Gasteiger partial charge in [-0.1, -0.05) is 11.6 Å². The Morgan fingerprint density at radius 3 is 2.94 bits per heavy atom. The van der Waals surface area contributed by atoms with Crippen molar-refractivity contribution in [3.63, 3.8) is 0 Å². The second-order valence-electron chi connectivity index (χ2n) is 3.33. The number of hydrogen-bond acceptors (Lipinski definition) is 2. The Labute approximate surface area is 101 Å². The molecule has 2 rings (SSSR count). The van der Waals surface area contributed by atoms with Gasteiger partial charge in [-0.05, 0) is 30.4 Å². The Bertz CT molecular complexity index is 520. The molecule has 5 heteroatoms. The molecule has 1 unspecified atom stereocenters. The fourth-order valence-corrected chi connectivity index (χ4v) is 1.94. The zero-order valence-electron chi connectivity index (χ0n) is 8.76. The molecule has 1 aromatic heterocycles. The van der Waals surface area contributed by atoms with Crippen LogP contribution >= 0.6 is 20.8 Å². The minimum Gasteiger partial charge on any atom is -0.294 e. The average molecular weight is 252 g/mol. The van der Waals surface area contributed by atoms with Crippen molar-refractivity contribution in [1.29, 1.82) is 0 Å². The van der Waals surface area contributed by atoms with Crippen molar-refractivity contribution >= 4 is 37.7 Å². The van der Waals surface area contributed by atoms with E-state index in [-0.39, 0.29) is 0 Å². The maximum atomic E-state index is 5.88. The molecule has 0 amide bonds. The molecule has 1 atom stereocenters. The lowest BCUT2D eigenvalue weighted by Crippen LogP contribution is -2.05. The van der Waals surface area contributed by atoms with Crippen LogP contribution in [0.1, 0.15) is 6.92 Å².